The Hall–Kier alpha value is -1.55. The van der Waals surface area contributed by atoms with Crippen molar-refractivity contribution in [3.63, 3.8) is 0 Å². The minimum absolute atomic E-state index is 0.0458. The second-order valence-electron chi connectivity index (χ2n) is 6.59. The average molecular weight is 361 g/mol. The quantitative estimate of drug-likeness (QED) is 0.879. The number of nitrogens with zero attached hydrogens (tertiary/aromatic N) is 1. The number of likely N-dealkylation sites (tertiary alicyclic amines) is 1. The van der Waals surface area contributed by atoms with Crippen molar-refractivity contribution in [2.75, 3.05) is 19.6 Å². The van der Waals surface area contributed by atoms with Crippen LogP contribution in [0.15, 0.2) is 42.5 Å². The van der Waals surface area contributed by atoms with Crippen LogP contribution in [0.3, 0.4) is 0 Å². The number of benzene rings is 2. The molecule has 0 bridgehead atoms. The van der Waals surface area contributed by atoms with Crippen LogP contribution >= 0.6 is 23.2 Å². The van der Waals surface area contributed by atoms with E-state index in [1.54, 1.807) is 0 Å². The van der Waals surface area contributed by atoms with Gasteiger partial charge >= 0.3 is 0 Å². The van der Waals surface area contributed by atoms with Crippen LogP contribution in [0.4, 0.5) is 0 Å². The molecule has 3 nitrogen and oxygen atoms in total. The fourth-order valence-corrected chi connectivity index (χ4v) is 4.27. The molecule has 1 fully saturated rings. The fourth-order valence-electron chi connectivity index (χ4n) is 3.90. The maximum Gasteiger partial charge on any atom is 0.251 e. The second kappa shape index (κ2) is 6.40. The molecule has 5 heteroatoms. The normalized spacial score (nSPS) is 23.3. The summed E-state index contributed by atoms with van der Waals surface area (Å²) in [6.07, 6.45) is 0. The fraction of sp³-hybridized carbons (Fsp3) is 0.316. The predicted octanol–water partition coefficient (Wildman–Crippen LogP) is 3.95. The second-order valence-corrected chi connectivity index (χ2v) is 7.44. The van der Waals surface area contributed by atoms with Crippen molar-refractivity contribution in [2.45, 2.75) is 12.5 Å². The van der Waals surface area contributed by atoms with E-state index in [9.17, 15) is 4.79 Å². The lowest BCUT2D eigenvalue weighted by atomic mass is 9.87. The number of fused-ring (bicyclic) bond motifs is 3. The van der Waals surface area contributed by atoms with Crippen molar-refractivity contribution >= 4 is 29.1 Å². The molecule has 0 aliphatic carbocycles. The van der Waals surface area contributed by atoms with E-state index in [4.69, 9.17) is 23.2 Å². The van der Waals surface area contributed by atoms with Crippen molar-refractivity contribution in [2.24, 2.45) is 5.92 Å². The van der Waals surface area contributed by atoms with E-state index in [1.807, 2.05) is 36.4 Å². The van der Waals surface area contributed by atoms with Gasteiger partial charge in [-0.3, -0.25) is 9.69 Å². The molecule has 4 rings (SSSR count). The lowest BCUT2D eigenvalue weighted by Crippen LogP contribution is -2.29. The molecule has 1 N–H and O–H groups in total. The van der Waals surface area contributed by atoms with Crippen LogP contribution in [0.25, 0.3) is 0 Å². The third-order valence-corrected chi connectivity index (χ3v) is 5.65. The van der Waals surface area contributed by atoms with Gasteiger partial charge in [-0.05, 0) is 41.3 Å². The van der Waals surface area contributed by atoms with Crippen LogP contribution in [0, 0.1) is 5.92 Å². The molecule has 2 aliphatic heterocycles. The van der Waals surface area contributed by atoms with Crippen LogP contribution in [0.5, 0.6) is 0 Å². The SMILES string of the molecule is O=C1NC[C@H]2CN(Cc3cc(Cl)ccc3Cl)CC2c2ccccc21. The van der Waals surface area contributed by atoms with Gasteiger partial charge in [0.25, 0.3) is 5.91 Å². The number of carbonyl (C=O) groups excluding carboxylic acids is 1. The Morgan fingerprint density at radius 2 is 1.96 bits per heavy atom. The van der Waals surface area contributed by atoms with Gasteiger partial charge in [0.05, 0.1) is 0 Å². The van der Waals surface area contributed by atoms with Crippen LogP contribution in [0.2, 0.25) is 10.0 Å². The number of hydrogen-bond acceptors (Lipinski definition) is 2. The van der Waals surface area contributed by atoms with E-state index >= 15 is 0 Å². The third kappa shape index (κ3) is 2.92. The van der Waals surface area contributed by atoms with Gasteiger partial charge in [-0.1, -0.05) is 41.4 Å². The number of halogens is 2. The highest BCUT2D eigenvalue weighted by atomic mass is 35.5. The molecule has 2 aromatic carbocycles. The molecule has 2 aliphatic rings. The van der Waals surface area contributed by atoms with Crippen LogP contribution < -0.4 is 5.32 Å². The minimum atomic E-state index is 0.0458. The average Bonchev–Trinajstić information content (AvgIpc) is 2.93. The predicted molar refractivity (Wildman–Crippen MR) is 96.7 cm³/mol. The molecule has 0 radical (unpaired) electrons. The molecule has 2 aromatic rings. The van der Waals surface area contributed by atoms with E-state index < -0.39 is 0 Å². The number of rotatable bonds is 2. The summed E-state index contributed by atoms with van der Waals surface area (Å²) >= 11 is 12.4. The number of carbonyl (C=O) groups is 1. The summed E-state index contributed by atoms with van der Waals surface area (Å²) in [5, 5.41) is 4.52. The lowest BCUT2D eigenvalue weighted by molar-refractivity contribution is 0.0951. The first kappa shape index (κ1) is 15.9. The van der Waals surface area contributed by atoms with Gasteiger partial charge in [-0.15, -0.1) is 0 Å². The van der Waals surface area contributed by atoms with Gasteiger partial charge < -0.3 is 5.32 Å². The monoisotopic (exact) mass is 360 g/mol. The first-order valence-corrected chi connectivity index (χ1v) is 8.91. The summed E-state index contributed by atoms with van der Waals surface area (Å²) in [5.41, 5.74) is 3.03. The molecule has 124 valence electrons. The molecule has 0 saturated carbocycles. The molecular weight excluding hydrogens is 343 g/mol. The van der Waals surface area contributed by atoms with Gasteiger partial charge in [0.1, 0.15) is 0 Å². The Kier molecular flexibility index (Phi) is 4.25. The Morgan fingerprint density at radius 1 is 1.12 bits per heavy atom. The highest BCUT2D eigenvalue weighted by Crippen LogP contribution is 2.37. The number of hydrogen-bond donors (Lipinski definition) is 1. The summed E-state index contributed by atoms with van der Waals surface area (Å²) < 4.78 is 0. The van der Waals surface area contributed by atoms with Gasteiger partial charge in [0, 0.05) is 47.7 Å². The van der Waals surface area contributed by atoms with Crippen molar-refractivity contribution < 1.29 is 4.79 Å². The summed E-state index contributed by atoms with van der Waals surface area (Å²) in [4.78, 5) is 14.6. The lowest BCUT2D eigenvalue weighted by Gasteiger charge is -2.18. The third-order valence-electron chi connectivity index (χ3n) is 5.05. The molecule has 1 amide bonds. The molecule has 1 unspecified atom stereocenters. The van der Waals surface area contributed by atoms with Gasteiger partial charge in [0.2, 0.25) is 0 Å². The maximum absolute atomic E-state index is 12.2. The van der Waals surface area contributed by atoms with E-state index in [-0.39, 0.29) is 5.91 Å². The standard InChI is InChI=1S/C19H18Cl2N2O/c20-14-5-6-18(21)12(7-14)9-23-10-13-8-22-19(24)16-4-2-1-3-15(16)17(13)11-23/h1-7,13,17H,8-11H2,(H,22,24)/t13-,17?/m0/s1. The zero-order chi connectivity index (χ0) is 16.7. The Morgan fingerprint density at radius 3 is 2.83 bits per heavy atom. The van der Waals surface area contributed by atoms with E-state index in [0.717, 1.165) is 47.9 Å². The molecule has 24 heavy (non-hydrogen) atoms. The van der Waals surface area contributed by atoms with Crippen LogP contribution in [-0.4, -0.2) is 30.4 Å². The molecule has 1 saturated heterocycles. The zero-order valence-corrected chi connectivity index (χ0v) is 14.6. The Labute approximate surface area is 151 Å². The van der Waals surface area contributed by atoms with Gasteiger partial charge in [0.15, 0.2) is 0 Å². The van der Waals surface area contributed by atoms with E-state index in [1.165, 1.54) is 0 Å². The molecule has 2 atom stereocenters. The highest BCUT2D eigenvalue weighted by Gasteiger charge is 2.37. The van der Waals surface area contributed by atoms with Crippen molar-refractivity contribution in [3.8, 4) is 0 Å². The largest absolute Gasteiger partial charge is 0.352 e. The smallest absolute Gasteiger partial charge is 0.251 e. The number of nitrogens with one attached hydrogen (secondary N) is 1. The maximum atomic E-state index is 12.2. The molecule has 0 aromatic heterocycles. The van der Waals surface area contributed by atoms with Gasteiger partial charge in [-0.2, -0.15) is 0 Å². The topological polar surface area (TPSA) is 32.3 Å². The minimum Gasteiger partial charge on any atom is -0.352 e. The summed E-state index contributed by atoms with van der Waals surface area (Å²) in [6.45, 7) is 3.38. The van der Waals surface area contributed by atoms with E-state index in [0.29, 0.717) is 16.9 Å². The Balaban J connectivity index is 1.59. The first-order chi connectivity index (χ1) is 11.6. The first-order valence-electron chi connectivity index (χ1n) is 8.15. The van der Waals surface area contributed by atoms with Gasteiger partial charge in [-0.25, -0.2) is 0 Å². The van der Waals surface area contributed by atoms with Crippen molar-refractivity contribution in [1.82, 2.24) is 10.2 Å². The molecule has 0 spiro atoms. The van der Waals surface area contributed by atoms with Crippen molar-refractivity contribution in [1.29, 1.82) is 0 Å². The summed E-state index contributed by atoms with van der Waals surface area (Å²) in [5.74, 6) is 0.845. The Bertz CT molecular complexity index is 793. The summed E-state index contributed by atoms with van der Waals surface area (Å²) in [7, 11) is 0. The number of amides is 1. The van der Waals surface area contributed by atoms with E-state index in [2.05, 4.69) is 16.3 Å². The highest BCUT2D eigenvalue weighted by molar-refractivity contribution is 6.33. The van der Waals surface area contributed by atoms with Crippen LogP contribution in [-0.2, 0) is 6.54 Å². The molecular formula is C19H18Cl2N2O. The molecule has 2 heterocycles. The van der Waals surface area contributed by atoms with Crippen LogP contribution in [0.1, 0.15) is 27.4 Å². The van der Waals surface area contributed by atoms with Crippen molar-refractivity contribution in [3.05, 3.63) is 69.2 Å². The summed E-state index contributed by atoms with van der Waals surface area (Å²) in [6, 6.07) is 13.6. The zero-order valence-electron chi connectivity index (χ0n) is 13.1.